The molecule has 0 unspecified atom stereocenters. The van der Waals surface area contributed by atoms with E-state index in [0.29, 0.717) is 30.9 Å². The Morgan fingerprint density at radius 3 is 2.34 bits per heavy atom. The Hall–Kier alpha value is -3.42. The predicted molar refractivity (Wildman–Crippen MR) is 120 cm³/mol. The molecule has 1 saturated carbocycles. The van der Waals surface area contributed by atoms with Gasteiger partial charge in [0.1, 0.15) is 11.3 Å². The van der Waals surface area contributed by atoms with Crippen molar-refractivity contribution in [2.45, 2.75) is 44.9 Å². The zero-order valence-electron chi connectivity index (χ0n) is 18.6. The second-order valence-corrected chi connectivity index (χ2v) is 8.45. The summed E-state index contributed by atoms with van der Waals surface area (Å²) < 4.78 is 10.6. The van der Waals surface area contributed by atoms with Gasteiger partial charge in [-0.2, -0.15) is 0 Å². The first-order valence-corrected chi connectivity index (χ1v) is 10.7. The summed E-state index contributed by atoms with van der Waals surface area (Å²) in [6.45, 7) is 4.45. The average Bonchev–Trinajstić information content (AvgIpc) is 3.29. The Labute approximate surface area is 187 Å². The third kappa shape index (κ3) is 4.90. The molecule has 170 valence electrons. The minimum absolute atomic E-state index is 0.0120. The van der Waals surface area contributed by atoms with E-state index in [9.17, 15) is 19.7 Å². The molecule has 32 heavy (non-hydrogen) atoms. The number of hydrogen-bond donors (Lipinski definition) is 1. The van der Waals surface area contributed by atoms with Gasteiger partial charge in [-0.05, 0) is 42.5 Å². The molecule has 1 aliphatic carbocycles. The van der Waals surface area contributed by atoms with Gasteiger partial charge >= 0.3 is 5.97 Å². The van der Waals surface area contributed by atoms with Crippen LogP contribution in [0.2, 0.25) is 0 Å². The van der Waals surface area contributed by atoms with Crippen molar-refractivity contribution in [1.82, 2.24) is 0 Å². The van der Waals surface area contributed by atoms with Gasteiger partial charge in [0.15, 0.2) is 0 Å². The molecule has 0 aliphatic heterocycles. The summed E-state index contributed by atoms with van der Waals surface area (Å²) >= 11 is 0. The van der Waals surface area contributed by atoms with E-state index < -0.39 is 16.3 Å². The summed E-state index contributed by atoms with van der Waals surface area (Å²) in [6.07, 6.45) is 3.08. The van der Waals surface area contributed by atoms with E-state index in [-0.39, 0.29) is 23.1 Å². The number of esters is 1. The summed E-state index contributed by atoms with van der Waals surface area (Å²) in [5.41, 5.74) is 0.667. The highest BCUT2D eigenvalue weighted by atomic mass is 16.6. The fraction of sp³-hybridized carbons (Fsp3) is 0.417. The Morgan fingerprint density at radius 2 is 1.78 bits per heavy atom. The summed E-state index contributed by atoms with van der Waals surface area (Å²) in [5, 5.41) is 13.9. The first-order chi connectivity index (χ1) is 15.3. The molecule has 8 nitrogen and oxygen atoms in total. The van der Waals surface area contributed by atoms with Gasteiger partial charge in [0.2, 0.25) is 5.91 Å². The Balaban J connectivity index is 1.88. The summed E-state index contributed by atoms with van der Waals surface area (Å²) in [5.74, 6) is -0.0698. The van der Waals surface area contributed by atoms with Crippen molar-refractivity contribution < 1.29 is 24.0 Å². The first kappa shape index (κ1) is 23.2. The smallest absolute Gasteiger partial charge is 0.341 e. The van der Waals surface area contributed by atoms with Crippen LogP contribution in [0.25, 0.3) is 0 Å². The number of ether oxygens (including phenoxy) is 2. The zero-order chi connectivity index (χ0) is 23.3. The third-order valence-corrected chi connectivity index (χ3v) is 5.74. The number of methoxy groups -OCH3 is 1. The number of nitro benzene ring substituents is 1. The molecule has 0 atom stereocenters. The maximum atomic E-state index is 13.4. The fourth-order valence-corrected chi connectivity index (χ4v) is 4.04. The van der Waals surface area contributed by atoms with Crippen LogP contribution in [0.3, 0.4) is 0 Å². The molecule has 0 aromatic heterocycles. The minimum Gasteiger partial charge on any atom is -0.492 e. The SMILES string of the molecule is COC(=O)c1cc(NC(=O)C2(c3ccc([N+](=O)[O-])cc3)CCCC2)ccc1OCC(C)C. The molecule has 1 aliphatic rings. The lowest BCUT2D eigenvalue weighted by molar-refractivity contribution is -0.384. The van der Waals surface area contributed by atoms with Gasteiger partial charge in [-0.15, -0.1) is 0 Å². The molecule has 2 aromatic carbocycles. The first-order valence-electron chi connectivity index (χ1n) is 10.7. The van der Waals surface area contributed by atoms with Crippen LogP contribution in [-0.4, -0.2) is 30.5 Å². The van der Waals surface area contributed by atoms with Gasteiger partial charge in [0.05, 0.1) is 24.1 Å². The quantitative estimate of drug-likeness (QED) is 0.357. The highest BCUT2D eigenvalue weighted by molar-refractivity contribution is 6.01. The van der Waals surface area contributed by atoms with E-state index in [2.05, 4.69) is 5.32 Å². The highest BCUT2D eigenvalue weighted by Crippen LogP contribution is 2.42. The number of carbonyl (C=O) groups excluding carboxylic acids is 2. The van der Waals surface area contributed by atoms with E-state index in [1.165, 1.54) is 19.2 Å². The molecular weight excluding hydrogens is 412 g/mol. The lowest BCUT2D eigenvalue weighted by atomic mass is 9.78. The molecular formula is C24H28N2O6. The molecule has 2 aromatic rings. The number of nitrogens with one attached hydrogen (secondary N) is 1. The van der Waals surface area contributed by atoms with Gasteiger partial charge < -0.3 is 14.8 Å². The van der Waals surface area contributed by atoms with Crippen LogP contribution < -0.4 is 10.1 Å². The topological polar surface area (TPSA) is 108 Å². The molecule has 0 spiro atoms. The van der Waals surface area contributed by atoms with Crippen LogP contribution in [0.15, 0.2) is 42.5 Å². The number of anilines is 1. The number of non-ortho nitro benzene ring substituents is 1. The number of rotatable bonds is 8. The third-order valence-electron chi connectivity index (χ3n) is 5.74. The highest BCUT2D eigenvalue weighted by Gasteiger charge is 2.43. The molecule has 0 radical (unpaired) electrons. The monoisotopic (exact) mass is 440 g/mol. The van der Waals surface area contributed by atoms with Crippen molar-refractivity contribution >= 4 is 23.3 Å². The largest absolute Gasteiger partial charge is 0.492 e. The maximum Gasteiger partial charge on any atom is 0.341 e. The summed E-state index contributed by atoms with van der Waals surface area (Å²) in [4.78, 5) is 36.2. The van der Waals surface area contributed by atoms with Crippen LogP contribution in [0.5, 0.6) is 5.75 Å². The van der Waals surface area contributed by atoms with E-state index in [0.717, 1.165) is 18.4 Å². The van der Waals surface area contributed by atoms with Crippen LogP contribution >= 0.6 is 0 Å². The van der Waals surface area contributed by atoms with E-state index in [1.807, 2.05) is 13.8 Å². The molecule has 1 amide bonds. The van der Waals surface area contributed by atoms with E-state index in [1.54, 1.807) is 30.3 Å². The number of hydrogen-bond acceptors (Lipinski definition) is 6. The summed E-state index contributed by atoms with van der Waals surface area (Å²) in [7, 11) is 1.29. The van der Waals surface area contributed by atoms with E-state index in [4.69, 9.17) is 9.47 Å². The Kier molecular flexibility index (Phi) is 7.12. The van der Waals surface area contributed by atoms with Crippen LogP contribution in [0.4, 0.5) is 11.4 Å². The lowest BCUT2D eigenvalue weighted by Crippen LogP contribution is -2.38. The molecule has 3 rings (SSSR count). The number of carbonyl (C=O) groups is 2. The molecule has 0 saturated heterocycles. The molecule has 8 heteroatoms. The van der Waals surface area contributed by atoms with Gasteiger partial charge in [0.25, 0.3) is 5.69 Å². The summed E-state index contributed by atoms with van der Waals surface area (Å²) in [6, 6.07) is 11.1. The molecule has 0 heterocycles. The molecule has 0 bridgehead atoms. The van der Waals surface area contributed by atoms with E-state index >= 15 is 0 Å². The minimum atomic E-state index is -0.770. The van der Waals surface area contributed by atoms with Crippen molar-refractivity contribution in [3.8, 4) is 5.75 Å². The normalized spacial score (nSPS) is 14.8. The fourth-order valence-electron chi connectivity index (χ4n) is 4.04. The number of nitro groups is 1. The van der Waals surface area contributed by atoms with Crippen LogP contribution in [0.1, 0.15) is 55.5 Å². The lowest BCUT2D eigenvalue weighted by Gasteiger charge is -2.28. The average molecular weight is 440 g/mol. The standard InChI is InChI=1S/C24H28N2O6/c1-16(2)15-32-21-11-8-18(14-20(21)22(27)31-3)25-23(28)24(12-4-5-13-24)17-6-9-19(10-7-17)26(29)30/h6-11,14,16H,4-5,12-13,15H2,1-3H3,(H,25,28). The molecule has 1 N–H and O–H groups in total. The second kappa shape index (κ2) is 9.80. The molecule has 1 fully saturated rings. The van der Waals surface area contributed by atoms with Gasteiger partial charge in [-0.1, -0.05) is 38.8 Å². The van der Waals surface area contributed by atoms with Crippen molar-refractivity contribution in [3.63, 3.8) is 0 Å². The Morgan fingerprint density at radius 1 is 1.12 bits per heavy atom. The number of benzene rings is 2. The van der Waals surface area contributed by atoms with Crippen molar-refractivity contribution in [2.24, 2.45) is 5.92 Å². The van der Waals surface area contributed by atoms with Crippen molar-refractivity contribution in [2.75, 3.05) is 19.0 Å². The van der Waals surface area contributed by atoms with Gasteiger partial charge in [-0.3, -0.25) is 14.9 Å². The number of amides is 1. The maximum absolute atomic E-state index is 13.4. The second-order valence-electron chi connectivity index (χ2n) is 8.45. The number of nitrogens with zero attached hydrogens (tertiary/aromatic N) is 1. The van der Waals surface area contributed by atoms with Crippen LogP contribution in [0, 0.1) is 16.0 Å². The van der Waals surface area contributed by atoms with Crippen LogP contribution in [-0.2, 0) is 14.9 Å². The zero-order valence-corrected chi connectivity index (χ0v) is 18.6. The predicted octanol–water partition coefficient (Wildman–Crippen LogP) is 4.87. The van der Waals surface area contributed by atoms with Gasteiger partial charge in [-0.25, -0.2) is 4.79 Å². The van der Waals surface area contributed by atoms with Crippen molar-refractivity contribution in [1.29, 1.82) is 0 Å². The van der Waals surface area contributed by atoms with Gasteiger partial charge in [0, 0.05) is 17.8 Å². The Bertz CT molecular complexity index is 994. The van der Waals surface area contributed by atoms with Crippen molar-refractivity contribution in [3.05, 3.63) is 63.7 Å².